The third-order valence-electron chi connectivity index (χ3n) is 7.39. The van der Waals surface area contributed by atoms with Crippen molar-refractivity contribution in [2.75, 3.05) is 0 Å². The number of nitrogens with one attached hydrogen (secondary N) is 1. The highest BCUT2D eigenvalue weighted by atomic mass is 35.5. The molecular formula is C29H29ClN6O2. The van der Waals surface area contributed by atoms with Gasteiger partial charge in [0.25, 0.3) is 5.56 Å². The van der Waals surface area contributed by atoms with Crippen LogP contribution in [0, 0.1) is 6.92 Å². The minimum Gasteiger partial charge on any atom is -0.468 e. The second-order valence-corrected chi connectivity index (χ2v) is 10.4. The Bertz CT molecular complexity index is 1600. The topological polar surface area (TPSA) is 92.8 Å². The van der Waals surface area contributed by atoms with Crippen molar-refractivity contribution in [2.24, 2.45) is 0 Å². The van der Waals surface area contributed by atoms with Crippen LogP contribution in [0.25, 0.3) is 10.9 Å². The van der Waals surface area contributed by atoms with E-state index in [0.29, 0.717) is 29.5 Å². The van der Waals surface area contributed by atoms with Crippen LogP contribution in [-0.2, 0) is 13.1 Å². The van der Waals surface area contributed by atoms with E-state index in [4.69, 9.17) is 16.0 Å². The molecule has 5 aromatic rings. The van der Waals surface area contributed by atoms with E-state index in [0.717, 1.165) is 53.5 Å². The van der Waals surface area contributed by atoms with Crippen LogP contribution in [0.15, 0.2) is 76.1 Å². The number of hydrogen-bond acceptors (Lipinski definition) is 6. The van der Waals surface area contributed by atoms with Crippen molar-refractivity contribution in [1.29, 1.82) is 0 Å². The number of fused-ring (bicyclic) bond motifs is 1. The van der Waals surface area contributed by atoms with E-state index in [9.17, 15) is 4.79 Å². The number of nitrogens with zero attached hydrogens (tertiary/aromatic N) is 5. The molecule has 6 rings (SSSR count). The van der Waals surface area contributed by atoms with Crippen LogP contribution in [-0.4, -0.2) is 30.1 Å². The molecule has 1 N–H and O–H groups in total. The average Bonchev–Trinajstić information content (AvgIpc) is 3.69. The predicted octanol–water partition coefficient (Wildman–Crippen LogP) is 5.98. The molecule has 1 atom stereocenters. The van der Waals surface area contributed by atoms with E-state index >= 15 is 0 Å². The summed E-state index contributed by atoms with van der Waals surface area (Å²) in [5.74, 6) is 1.42. The first-order valence-corrected chi connectivity index (χ1v) is 13.4. The van der Waals surface area contributed by atoms with Gasteiger partial charge in [-0.3, -0.25) is 9.69 Å². The normalized spacial score (nSPS) is 15.0. The molecule has 0 radical (unpaired) electrons. The second kappa shape index (κ2) is 10.6. The van der Waals surface area contributed by atoms with Gasteiger partial charge in [-0.05, 0) is 77.5 Å². The number of aromatic nitrogens is 5. The molecule has 1 fully saturated rings. The van der Waals surface area contributed by atoms with Crippen molar-refractivity contribution < 1.29 is 4.42 Å². The van der Waals surface area contributed by atoms with Crippen molar-refractivity contribution in [3.05, 3.63) is 111 Å². The molecule has 1 aliphatic rings. The predicted molar refractivity (Wildman–Crippen MR) is 146 cm³/mol. The summed E-state index contributed by atoms with van der Waals surface area (Å²) in [6.07, 6.45) is 5.97. The highest BCUT2D eigenvalue weighted by molar-refractivity contribution is 6.31. The number of tetrazole rings is 1. The van der Waals surface area contributed by atoms with Crippen molar-refractivity contribution in [3.8, 4) is 0 Å². The van der Waals surface area contributed by atoms with Crippen molar-refractivity contribution in [1.82, 2.24) is 30.1 Å². The molecule has 1 aliphatic carbocycles. The maximum atomic E-state index is 13.7. The van der Waals surface area contributed by atoms with Crippen LogP contribution in [0.5, 0.6) is 0 Å². The van der Waals surface area contributed by atoms with Gasteiger partial charge in [-0.25, -0.2) is 4.68 Å². The van der Waals surface area contributed by atoms with Gasteiger partial charge in [0.15, 0.2) is 5.82 Å². The van der Waals surface area contributed by atoms with Crippen molar-refractivity contribution in [2.45, 2.75) is 57.8 Å². The van der Waals surface area contributed by atoms with Crippen LogP contribution in [0.4, 0.5) is 0 Å². The lowest BCUT2D eigenvalue weighted by Gasteiger charge is -2.31. The van der Waals surface area contributed by atoms with Crippen molar-refractivity contribution in [3.63, 3.8) is 0 Å². The molecule has 38 heavy (non-hydrogen) atoms. The molecule has 194 valence electrons. The average molecular weight is 529 g/mol. The Kier molecular flexibility index (Phi) is 6.82. The number of halogens is 1. The van der Waals surface area contributed by atoms with Crippen molar-refractivity contribution >= 4 is 22.5 Å². The summed E-state index contributed by atoms with van der Waals surface area (Å²) in [5.41, 5.74) is 3.26. The van der Waals surface area contributed by atoms with Gasteiger partial charge in [-0.2, -0.15) is 0 Å². The van der Waals surface area contributed by atoms with E-state index in [1.54, 1.807) is 6.26 Å². The van der Waals surface area contributed by atoms with Crippen LogP contribution in [0.1, 0.15) is 66.0 Å². The summed E-state index contributed by atoms with van der Waals surface area (Å²) in [7, 11) is 0. The molecule has 3 aromatic heterocycles. The molecule has 3 heterocycles. The van der Waals surface area contributed by atoms with Crippen LogP contribution in [0.2, 0.25) is 5.02 Å². The minimum absolute atomic E-state index is 0.170. The molecule has 0 amide bonds. The Morgan fingerprint density at radius 1 is 1.11 bits per heavy atom. The second-order valence-electron chi connectivity index (χ2n) is 10.0. The number of benzene rings is 2. The van der Waals surface area contributed by atoms with E-state index in [1.807, 2.05) is 66.2 Å². The Labute approximate surface area is 225 Å². The first-order chi connectivity index (χ1) is 18.6. The number of H-pyrrole nitrogens is 1. The smallest absolute Gasteiger partial charge is 0.253 e. The third-order valence-corrected chi connectivity index (χ3v) is 7.76. The fourth-order valence-electron chi connectivity index (χ4n) is 5.52. The largest absolute Gasteiger partial charge is 0.468 e. The van der Waals surface area contributed by atoms with Gasteiger partial charge < -0.3 is 9.40 Å². The molecule has 0 bridgehead atoms. The molecule has 2 aromatic carbocycles. The molecular weight excluding hydrogens is 500 g/mol. The number of furan rings is 1. The lowest BCUT2D eigenvalue weighted by Crippen LogP contribution is -2.35. The number of aromatic amines is 1. The van der Waals surface area contributed by atoms with Crippen LogP contribution < -0.4 is 5.56 Å². The fraction of sp³-hybridized carbons (Fsp3) is 0.310. The number of hydrogen-bond donors (Lipinski definition) is 1. The summed E-state index contributed by atoms with van der Waals surface area (Å²) in [6, 6.07) is 19.2. The Hall–Kier alpha value is -3.75. The molecule has 0 unspecified atom stereocenters. The highest BCUT2D eigenvalue weighted by Gasteiger charge is 2.34. The zero-order chi connectivity index (χ0) is 26.1. The zero-order valence-electron chi connectivity index (χ0n) is 21.2. The summed E-state index contributed by atoms with van der Waals surface area (Å²) in [4.78, 5) is 19.0. The summed E-state index contributed by atoms with van der Waals surface area (Å²) in [6.45, 7) is 2.95. The Morgan fingerprint density at radius 3 is 2.74 bits per heavy atom. The van der Waals surface area contributed by atoms with Gasteiger partial charge in [0.05, 0.1) is 18.8 Å². The van der Waals surface area contributed by atoms with E-state index in [2.05, 4.69) is 31.5 Å². The number of aryl methyl sites for hydroxylation is 1. The molecule has 9 heteroatoms. The van der Waals surface area contributed by atoms with Crippen LogP contribution in [0.3, 0.4) is 0 Å². The van der Waals surface area contributed by atoms with Gasteiger partial charge >= 0.3 is 0 Å². The maximum absolute atomic E-state index is 13.7. The van der Waals surface area contributed by atoms with Gasteiger partial charge in [0.1, 0.15) is 11.8 Å². The lowest BCUT2D eigenvalue weighted by molar-refractivity contribution is 0.176. The van der Waals surface area contributed by atoms with Gasteiger partial charge in [-0.15, -0.1) is 5.10 Å². The SMILES string of the molecule is Cc1ccc2[nH]c(=O)c([C@@H](c3nnnn3C3CCCC3)N(Cc3ccco3)Cc3ccccc3Cl)cc2c1. The zero-order valence-corrected chi connectivity index (χ0v) is 21.9. The monoisotopic (exact) mass is 528 g/mol. The molecule has 0 spiro atoms. The van der Waals surface area contributed by atoms with E-state index in [-0.39, 0.29) is 11.6 Å². The maximum Gasteiger partial charge on any atom is 0.253 e. The van der Waals surface area contributed by atoms with Gasteiger partial charge in [-0.1, -0.05) is 54.3 Å². The number of pyridine rings is 1. The standard InChI is InChI=1S/C29H29ClN6O2/c1-19-12-13-26-21(15-19)16-24(29(37)31-26)27(28-32-33-34-36(28)22-8-3-4-9-22)35(18-23-10-6-14-38-23)17-20-7-2-5-11-25(20)30/h2,5-7,10-16,22,27H,3-4,8-9,17-18H2,1H3,(H,31,37)/t27-/m0/s1. The summed E-state index contributed by atoms with van der Waals surface area (Å²) >= 11 is 6.62. The lowest BCUT2D eigenvalue weighted by atomic mass is 10.0. The van der Waals surface area contributed by atoms with E-state index < -0.39 is 6.04 Å². The highest BCUT2D eigenvalue weighted by Crippen LogP contribution is 2.35. The molecule has 1 saturated carbocycles. The fourth-order valence-corrected chi connectivity index (χ4v) is 5.72. The Balaban J connectivity index is 1.55. The Morgan fingerprint density at radius 2 is 1.95 bits per heavy atom. The van der Waals surface area contributed by atoms with Gasteiger partial charge in [0.2, 0.25) is 0 Å². The molecule has 0 saturated heterocycles. The van der Waals surface area contributed by atoms with Crippen LogP contribution >= 0.6 is 11.6 Å². The molecule has 0 aliphatic heterocycles. The number of rotatable bonds is 8. The van der Waals surface area contributed by atoms with E-state index in [1.165, 1.54) is 0 Å². The van der Waals surface area contributed by atoms with Gasteiger partial charge in [0, 0.05) is 22.6 Å². The minimum atomic E-state index is -0.541. The third kappa shape index (κ3) is 4.89. The summed E-state index contributed by atoms with van der Waals surface area (Å²) < 4.78 is 7.69. The quantitative estimate of drug-likeness (QED) is 0.266. The molecule has 8 nitrogen and oxygen atoms in total. The summed E-state index contributed by atoms with van der Waals surface area (Å²) in [5, 5.41) is 14.7. The first kappa shape index (κ1) is 24.6. The first-order valence-electron chi connectivity index (χ1n) is 13.0.